The molecule has 66 heavy (non-hydrogen) atoms. The summed E-state index contributed by atoms with van der Waals surface area (Å²) in [5.74, 6) is -0.571. The van der Waals surface area contributed by atoms with E-state index in [9.17, 15) is 14.7 Å². The molecular weight excluding hydrogens is 813 g/mol. The molecule has 1 atom stereocenters. The number of unbranched alkanes of at least 4 members (excludes halogenated alkanes) is 44. The quantitative estimate of drug-likeness (QED) is 0.0374. The molecule has 0 aliphatic rings. The molecule has 0 aliphatic carbocycles. The van der Waals surface area contributed by atoms with E-state index in [0.29, 0.717) is 12.8 Å². The molecule has 0 fully saturated rings. The molecule has 0 heterocycles. The number of aliphatic hydroxyl groups is 1. The maximum Gasteiger partial charge on any atom is 0.306 e. The van der Waals surface area contributed by atoms with Gasteiger partial charge in [0.1, 0.15) is 6.61 Å². The van der Waals surface area contributed by atoms with E-state index in [4.69, 9.17) is 9.47 Å². The van der Waals surface area contributed by atoms with Crippen LogP contribution in [-0.2, 0) is 19.1 Å². The van der Waals surface area contributed by atoms with Gasteiger partial charge in [-0.1, -0.05) is 282 Å². The van der Waals surface area contributed by atoms with Crippen LogP contribution in [0.3, 0.4) is 0 Å². The van der Waals surface area contributed by atoms with Gasteiger partial charge in [-0.25, -0.2) is 0 Å². The Balaban J connectivity index is 3.42. The van der Waals surface area contributed by atoms with E-state index < -0.39 is 6.10 Å². The second-order valence-corrected chi connectivity index (χ2v) is 20.4. The molecule has 5 heteroatoms. The van der Waals surface area contributed by atoms with Crippen molar-refractivity contribution in [3.05, 3.63) is 24.3 Å². The first-order valence-electron chi connectivity index (χ1n) is 29.9. The summed E-state index contributed by atoms with van der Waals surface area (Å²) in [5.41, 5.74) is 0. The maximum absolute atomic E-state index is 12.3. The Bertz CT molecular complexity index is 1010. The molecule has 0 saturated heterocycles. The topological polar surface area (TPSA) is 72.8 Å². The number of hydrogen-bond donors (Lipinski definition) is 1. The Hall–Kier alpha value is -1.62. The van der Waals surface area contributed by atoms with Gasteiger partial charge in [-0.15, -0.1) is 0 Å². The van der Waals surface area contributed by atoms with Crippen molar-refractivity contribution >= 4 is 11.9 Å². The average Bonchev–Trinajstić information content (AvgIpc) is 3.32. The van der Waals surface area contributed by atoms with Gasteiger partial charge in [0.25, 0.3) is 0 Å². The minimum atomic E-state index is -0.769. The highest BCUT2D eigenvalue weighted by atomic mass is 16.6. The fraction of sp³-hybridized carbons (Fsp3) is 0.902. The number of esters is 2. The Morgan fingerprint density at radius 1 is 0.333 bits per heavy atom. The second kappa shape index (κ2) is 57.7. The molecule has 5 nitrogen and oxygen atoms in total. The Morgan fingerprint density at radius 3 is 0.818 bits per heavy atom. The number of rotatable bonds is 56. The number of ether oxygens (including phenoxy) is 2. The molecule has 1 unspecified atom stereocenters. The van der Waals surface area contributed by atoms with Gasteiger partial charge >= 0.3 is 11.9 Å². The molecule has 0 rings (SSSR count). The van der Waals surface area contributed by atoms with Crippen LogP contribution >= 0.6 is 0 Å². The molecule has 0 saturated carbocycles. The smallest absolute Gasteiger partial charge is 0.306 e. The highest BCUT2D eigenvalue weighted by molar-refractivity contribution is 5.70. The van der Waals surface area contributed by atoms with Crippen LogP contribution < -0.4 is 0 Å². The molecule has 1 N–H and O–H groups in total. The van der Waals surface area contributed by atoms with E-state index in [1.165, 1.54) is 270 Å². The summed E-state index contributed by atoms with van der Waals surface area (Å²) in [6, 6.07) is 0. The fourth-order valence-corrected chi connectivity index (χ4v) is 9.20. The number of allylic oxidation sites excluding steroid dienone is 4. The predicted molar refractivity (Wildman–Crippen MR) is 288 cm³/mol. The van der Waals surface area contributed by atoms with Gasteiger partial charge in [0, 0.05) is 12.8 Å². The van der Waals surface area contributed by atoms with Gasteiger partial charge in [-0.2, -0.15) is 0 Å². The van der Waals surface area contributed by atoms with Crippen LogP contribution in [-0.4, -0.2) is 36.4 Å². The lowest BCUT2D eigenvalue weighted by atomic mass is 10.0. The number of carbonyl (C=O) groups excluding carboxylic acids is 2. The first kappa shape index (κ1) is 64.4. The van der Waals surface area contributed by atoms with Gasteiger partial charge in [0.05, 0.1) is 6.61 Å². The minimum absolute atomic E-state index is 0.0601. The predicted octanol–water partition coefficient (Wildman–Crippen LogP) is 20.1. The summed E-state index contributed by atoms with van der Waals surface area (Å²) < 4.78 is 10.7. The van der Waals surface area contributed by atoms with Crippen LogP contribution in [0.2, 0.25) is 0 Å². The van der Waals surface area contributed by atoms with Crippen LogP contribution in [0.4, 0.5) is 0 Å². The highest BCUT2D eigenvalue weighted by Crippen LogP contribution is 2.17. The molecule has 0 aliphatic heterocycles. The minimum Gasteiger partial charge on any atom is -0.462 e. The zero-order chi connectivity index (χ0) is 47.7. The van der Waals surface area contributed by atoms with E-state index in [1.807, 2.05) is 0 Å². The van der Waals surface area contributed by atoms with Crippen molar-refractivity contribution in [1.82, 2.24) is 0 Å². The van der Waals surface area contributed by atoms with E-state index >= 15 is 0 Å². The molecule has 0 aromatic heterocycles. The van der Waals surface area contributed by atoms with Crippen LogP contribution in [0, 0.1) is 0 Å². The van der Waals surface area contributed by atoms with Gasteiger partial charge in [0.2, 0.25) is 0 Å². The second-order valence-electron chi connectivity index (χ2n) is 20.4. The fourth-order valence-electron chi connectivity index (χ4n) is 9.20. The lowest BCUT2D eigenvalue weighted by molar-refractivity contribution is -0.161. The van der Waals surface area contributed by atoms with Crippen LogP contribution in [0.15, 0.2) is 24.3 Å². The van der Waals surface area contributed by atoms with E-state index in [-0.39, 0.29) is 25.2 Å². The molecule has 0 aromatic carbocycles. The lowest BCUT2D eigenvalue weighted by Crippen LogP contribution is -2.28. The highest BCUT2D eigenvalue weighted by Gasteiger charge is 2.16. The van der Waals surface area contributed by atoms with Crippen molar-refractivity contribution in [2.75, 3.05) is 13.2 Å². The molecule has 0 spiro atoms. The normalized spacial score (nSPS) is 12.2. The SMILES string of the molecule is CCCCCCCCCC/C=C\CCCCCCCCCCCCCCCCCC(=O)OC(CO)COC(=O)CCCCCCCCCCCCCCC/C=C\CCCCCCCCCC. The van der Waals surface area contributed by atoms with Crippen LogP contribution in [0.25, 0.3) is 0 Å². The molecular formula is C61H116O5. The molecule has 0 amide bonds. The number of carbonyl (C=O) groups is 2. The van der Waals surface area contributed by atoms with Crippen molar-refractivity contribution in [1.29, 1.82) is 0 Å². The monoisotopic (exact) mass is 929 g/mol. The number of aliphatic hydroxyl groups excluding tert-OH is 1. The molecule has 390 valence electrons. The van der Waals surface area contributed by atoms with Gasteiger partial charge in [-0.05, 0) is 64.2 Å². The van der Waals surface area contributed by atoms with Gasteiger partial charge in [-0.3, -0.25) is 9.59 Å². The van der Waals surface area contributed by atoms with E-state index in [1.54, 1.807) is 0 Å². The molecule has 0 bridgehead atoms. The Morgan fingerprint density at radius 2 is 0.561 bits per heavy atom. The van der Waals surface area contributed by atoms with Crippen molar-refractivity contribution in [2.24, 2.45) is 0 Å². The molecule has 0 aromatic rings. The van der Waals surface area contributed by atoms with E-state index in [2.05, 4.69) is 38.2 Å². The van der Waals surface area contributed by atoms with Crippen molar-refractivity contribution in [3.63, 3.8) is 0 Å². The summed E-state index contributed by atoms with van der Waals surface area (Å²) in [4.78, 5) is 24.5. The van der Waals surface area contributed by atoms with Crippen LogP contribution in [0.1, 0.15) is 335 Å². The summed E-state index contributed by atoms with van der Waals surface area (Å²) in [6.45, 7) is 4.19. The summed E-state index contributed by atoms with van der Waals surface area (Å²) in [7, 11) is 0. The third-order valence-electron chi connectivity index (χ3n) is 13.7. The Labute approximate surface area is 413 Å². The van der Waals surface area contributed by atoms with Crippen LogP contribution in [0.5, 0.6) is 0 Å². The average molecular weight is 930 g/mol. The van der Waals surface area contributed by atoms with Crippen molar-refractivity contribution in [3.8, 4) is 0 Å². The van der Waals surface area contributed by atoms with Gasteiger partial charge < -0.3 is 14.6 Å². The van der Waals surface area contributed by atoms with E-state index in [0.717, 1.165) is 38.5 Å². The summed E-state index contributed by atoms with van der Waals surface area (Å²) in [5, 5.41) is 9.66. The van der Waals surface area contributed by atoms with Crippen molar-refractivity contribution in [2.45, 2.75) is 341 Å². The van der Waals surface area contributed by atoms with Crippen molar-refractivity contribution < 1.29 is 24.2 Å². The summed E-state index contributed by atoms with van der Waals surface area (Å²) in [6.07, 6.45) is 73.1. The standard InChI is InChI=1S/C61H116O5/c1-3-5-7-9-11-13-15-17-19-21-23-25-27-29-30-32-34-36-38-40-42-44-46-48-50-52-54-56-61(64)66-59(57-62)58-65-60(63)55-53-51-49-47-45-43-41-39-37-35-33-31-28-26-24-22-20-18-16-14-12-10-8-6-4-2/h21-24,59,62H,3-20,25-58H2,1-2H3/b23-21-,24-22-. The first-order chi connectivity index (χ1) is 32.6. The first-order valence-corrected chi connectivity index (χ1v) is 29.9. The zero-order valence-corrected chi connectivity index (χ0v) is 44.7. The van der Waals surface area contributed by atoms with Gasteiger partial charge in [0.15, 0.2) is 6.10 Å². The largest absolute Gasteiger partial charge is 0.462 e. The maximum atomic E-state index is 12.3. The lowest BCUT2D eigenvalue weighted by Gasteiger charge is -2.15. The third kappa shape index (κ3) is 55.0. The Kier molecular flexibility index (Phi) is 56.3. The summed E-state index contributed by atoms with van der Waals surface area (Å²) >= 11 is 0. The number of hydrogen-bond acceptors (Lipinski definition) is 5. The molecule has 0 radical (unpaired) electrons. The third-order valence-corrected chi connectivity index (χ3v) is 13.7. The zero-order valence-electron chi connectivity index (χ0n) is 44.7.